The Labute approximate surface area is 237 Å². The largest absolute Gasteiger partial charge is 0.444 e. The summed E-state index contributed by atoms with van der Waals surface area (Å²) in [5.41, 5.74) is 4.73. The molecule has 2 aromatic heterocycles. The fourth-order valence-electron chi connectivity index (χ4n) is 2.83. The molecule has 0 spiro atoms. The molecular formula is C20H14BrCl5N6O4. The first kappa shape index (κ1) is 28.3. The topological polar surface area (TPSA) is 127 Å². The summed E-state index contributed by atoms with van der Waals surface area (Å²) in [6.07, 6.45) is 0.412. The van der Waals surface area contributed by atoms with E-state index in [2.05, 4.69) is 41.5 Å². The van der Waals surface area contributed by atoms with E-state index in [1.807, 2.05) is 5.43 Å². The van der Waals surface area contributed by atoms with Crippen molar-refractivity contribution in [3.63, 3.8) is 0 Å². The summed E-state index contributed by atoms with van der Waals surface area (Å²) in [6, 6.07) is 7.52. The fourth-order valence-corrected chi connectivity index (χ4v) is 3.85. The number of aromatic nitrogens is 3. The Bertz CT molecular complexity index is 1330. The molecule has 2 heterocycles. The molecule has 16 heteroatoms. The number of pyridine rings is 1. The Morgan fingerprint density at radius 1 is 1.11 bits per heavy atom. The molecule has 0 aliphatic rings. The van der Waals surface area contributed by atoms with E-state index < -0.39 is 28.3 Å². The average molecular weight is 660 g/mol. The third kappa shape index (κ3) is 7.37. The van der Waals surface area contributed by atoms with Crippen molar-refractivity contribution in [2.75, 3.05) is 11.9 Å². The van der Waals surface area contributed by atoms with E-state index in [1.165, 1.54) is 23.0 Å². The van der Waals surface area contributed by atoms with Crippen molar-refractivity contribution in [3.05, 3.63) is 68.0 Å². The number of hydrazine groups is 1. The molecule has 0 atom stereocenters. The van der Waals surface area contributed by atoms with Crippen LogP contribution >= 0.6 is 73.9 Å². The maximum atomic E-state index is 13.2. The molecule has 3 N–H and O–H groups in total. The average Bonchev–Trinajstić information content (AvgIpc) is 3.18. The number of halogens is 6. The minimum atomic E-state index is -1.83. The van der Waals surface area contributed by atoms with Gasteiger partial charge in [-0.15, -0.1) is 0 Å². The quantitative estimate of drug-likeness (QED) is 0.241. The molecule has 0 unspecified atom stereocenters. The zero-order chi connectivity index (χ0) is 26.6. The van der Waals surface area contributed by atoms with Crippen LogP contribution in [-0.2, 0) is 4.74 Å². The van der Waals surface area contributed by atoms with Crippen LogP contribution in [0.4, 0.5) is 10.5 Å². The Morgan fingerprint density at radius 2 is 1.83 bits per heavy atom. The number of alkyl halides is 3. The predicted molar refractivity (Wildman–Crippen MR) is 140 cm³/mol. The van der Waals surface area contributed by atoms with Gasteiger partial charge in [0, 0.05) is 17.3 Å². The summed E-state index contributed by atoms with van der Waals surface area (Å²) in [5, 5.41) is 7.36. The second-order valence-corrected chi connectivity index (χ2v) is 11.1. The van der Waals surface area contributed by atoms with E-state index in [1.54, 1.807) is 25.1 Å². The number of amides is 3. The van der Waals surface area contributed by atoms with E-state index in [0.29, 0.717) is 10.2 Å². The maximum Gasteiger partial charge on any atom is 0.426 e. The van der Waals surface area contributed by atoms with Gasteiger partial charge in [-0.2, -0.15) is 5.10 Å². The van der Waals surface area contributed by atoms with Gasteiger partial charge in [0.1, 0.15) is 16.9 Å². The van der Waals surface area contributed by atoms with Gasteiger partial charge in [0.2, 0.25) is 3.79 Å². The standard InChI is InChI=1S/C20H14BrCl5N6O4/c1-9-5-10(22)6-11(17(33)29-30-19(35)36-8-20(24,25)26)15(9)28-18(34)13-7-14(21)31-32(13)16-12(23)3-2-4-27-16/h2-7H,8H2,1H3,(H,28,34)(H,29,33)(H,30,35). The molecule has 36 heavy (non-hydrogen) atoms. The number of aryl methyl sites for hydroxylation is 1. The summed E-state index contributed by atoms with van der Waals surface area (Å²) in [4.78, 5) is 42.0. The van der Waals surface area contributed by atoms with Gasteiger partial charge in [-0.05, 0) is 52.7 Å². The minimum absolute atomic E-state index is 0.0592. The highest BCUT2D eigenvalue weighted by atomic mass is 79.9. The van der Waals surface area contributed by atoms with Gasteiger partial charge in [-0.1, -0.05) is 58.0 Å². The Hall–Kier alpha value is -2.28. The summed E-state index contributed by atoms with van der Waals surface area (Å²) in [7, 11) is 0. The molecule has 0 radical (unpaired) electrons. The molecule has 0 saturated carbocycles. The molecule has 190 valence electrons. The summed E-state index contributed by atoms with van der Waals surface area (Å²) >= 11 is 32.1. The molecule has 3 aromatic rings. The van der Waals surface area contributed by atoms with E-state index in [-0.39, 0.29) is 32.8 Å². The lowest BCUT2D eigenvalue weighted by atomic mass is 10.1. The van der Waals surface area contributed by atoms with Gasteiger partial charge in [0.05, 0.1) is 16.3 Å². The van der Waals surface area contributed by atoms with E-state index in [0.717, 1.165) is 0 Å². The van der Waals surface area contributed by atoms with Gasteiger partial charge >= 0.3 is 6.09 Å². The molecule has 0 saturated heterocycles. The number of benzene rings is 1. The first-order chi connectivity index (χ1) is 16.9. The zero-order valence-corrected chi connectivity index (χ0v) is 23.3. The molecule has 0 aliphatic carbocycles. The van der Waals surface area contributed by atoms with E-state index in [9.17, 15) is 14.4 Å². The smallest absolute Gasteiger partial charge is 0.426 e. The van der Waals surface area contributed by atoms with Gasteiger partial charge in [0.25, 0.3) is 11.8 Å². The number of carbonyl (C=O) groups is 3. The van der Waals surface area contributed by atoms with Crippen LogP contribution in [-0.4, -0.2) is 43.1 Å². The van der Waals surface area contributed by atoms with Crippen LogP contribution in [0.2, 0.25) is 10.0 Å². The lowest BCUT2D eigenvalue weighted by Gasteiger charge is -2.16. The van der Waals surface area contributed by atoms with Gasteiger partial charge in [-0.3, -0.25) is 15.0 Å². The lowest BCUT2D eigenvalue weighted by Crippen LogP contribution is -2.43. The van der Waals surface area contributed by atoms with Crippen molar-refractivity contribution >= 4 is 97.5 Å². The Balaban J connectivity index is 1.85. The first-order valence-electron chi connectivity index (χ1n) is 9.63. The van der Waals surface area contributed by atoms with Gasteiger partial charge in [0.15, 0.2) is 5.82 Å². The van der Waals surface area contributed by atoms with Crippen LogP contribution in [0, 0.1) is 6.92 Å². The minimum Gasteiger partial charge on any atom is -0.444 e. The molecule has 3 amide bonds. The summed E-state index contributed by atoms with van der Waals surface area (Å²) < 4.78 is 4.43. The van der Waals surface area contributed by atoms with Crippen molar-refractivity contribution in [1.29, 1.82) is 0 Å². The van der Waals surface area contributed by atoms with Gasteiger partial charge in [-0.25, -0.2) is 19.9 Å². The highest BCUT2D eigenvalue weighted by Crippen LogP contribution is 2.28. The van der Waals surface area contributed by atoms with Crippen molar-refractivity contribution in [2.24, 2.45) is 0 Å². The number of ether oxygens (including phenoxy) is 1. The number of nitrogens with zero attached hydrogens (tertiary/aromatic N) is 3. The molecule has 0 bridgehead atoms. The Kier molecular flexibility index (Phi) is 9.31. The van der Waals surface area contributed by atoms with E-state index >= 15 is 0 Å². The molecule has 0 fully saturated rings. The summed E-state index contributed by atoms with van der Waals surface area (Å²) in [5.74, 6) is -1.23. The number of rotatable bonds is 5. The molecule has 0 aliphatic heterocycles. The van der Waals surface area contributed by atoms with E-state index in [4.69, 9.17) is 58.0 Å². The van der Waals surface area contributed by atoms with Crippen molar-refractivity contribution < 1.29 is 19.1 Å². The first-order valence-corrected chi connectivity index (χ1v) is 12.3. The predicted octanol–water partition coefficient (Wildman–Crippen LogP) is 5.64. The second kappa shape index (κ2) is 11.8. The van der Waals surface area contributed by atoms with Crippen LogP contribution < -0.4 is 16.2 Å². The van der Waals surface area contributed by atoms with Crippen LogP contribution in [0.15, 0.2) is 41.1 Å². The highest BCUT2D eigenvalue weighted by Gasteiger charge is 2.24. The van der Waals surface area contributed by atoms with Crippen LogP contribution in [0.25, 0.3) is 5.82 Å². The zero-order valence-electron chi connectivity index (χ0n) is 17.9. The number of carbonyl (C=O) groups excluding carboxylic acids is 3. The highest BCUT2D eigenvalue weighted by molar-refractivity contribution is 9.10. The third-order valence-corrected chi connectivity index (χ3v) is 5.51. The number of nitrogens with one attached hydrogen (secondary N) is 3. The molecule has 10 nitrogen and oxygen atoms in total. The summed E-state index contributed by atoms with van der Waals surface area (Å²) in [6.45, 7) is 1.07. The van der Waals surface area contributed by atoms with Crippen LogP contribution in [0.5, 0.6) is 0 Å². The molecule has 3 rings (SSSR count). The lowest BCUT2D eigenvalue weighted by molar-refractivity contribution is 0.0911. The normalized spacial score (nSPS) is 11.1. The van der Waals surface area contributed by atoms with Crippen molar-refractivity contribution in [3.8, 4) is 5.82 Å². The van der Waals surface area contributed by atoms with Crippen LogP contribution in [0.1, 0.15) is 26.4 Å². The molecule has 1 aromatic carbocycles. The van der Waals surface area contributed by atoms with Crippen molar-refractivity contribution in [1.82, 2.24) is 25.6 Å². The van der Waals surface area contributed by atoms with Crippen LogP contribution in [0.3, 0.4) is 0 Å². The number of hydrogen-bond acceptors (Lipinski definition) is 6. The molecular weight excluding hydrogens is 645 g/mol. The third-order valence-electron chi connectivity index (χ3n) is 4.28. The second-order valence-electron chi connectivity index (χ2n) is 6.94. The maximum absolute atomic E-state index is 13.2. The fraction of sp³-hybridized carbons (Fsp3) is 0.150. The number of hydrogen-bond donors (Lipinski definition) is 3. The SMILES string of the molecule is Cc1cc(Cl)cc(C(=O)NNC(=O)OCC(Cl)(Cl)Cl)c1NC(=O)c1cc(Br)nn1-c1ncccc1Cl. The Morgan fingerprint density at radius 3 is 2.50 bits per heavy atom. The number of anilines is 1. The van der Waals surface area contributed by atoms with Crippen molar-refractivity contribution in [2.45, 2.75) is 10.7 Å². The van der Waals surface area contributed by atoms with Gasteiger partial charge < -0.3 is 10.1 Å². The monoisotopic (exact) mass is 656 g/mol.